The minimum Gasteiger partial charge on any atom is -0.431 e. The van der Waals surface area contributed by atoms with Gasteiger partial charge in [-0.25, -0.2) is 4.79 Å². The first-order valence-corrected chi connectivity index (χ1v) is 14.3. The van der Waals surface area contributed by atoms with Crippen LogP contribution < -0.4 is 5.63 Å². The summed E-state index contributed by atoms with van der Waals surface area (Å²) in [6.45, 7) is 9.08. The summed E-state index contributed by atoms with van der Waals surface area (Å²) in [5.41, 5.74) is 2.99. The zero-order valence-corrected chi connectivity index (χ0v) is 21.9. The van der Waals surface area contributed by atoms with Crippen LogP contribution in [0.4, 0.5) is 0 Å². The highest BCUT2D eigenvalue weighted by Crippen LogP contribution is 2.70. The van der Waals surface area contributed by atoms with Gasteiger partial charge in [0.1, 0.15) is 0 Å². The third-order valence-electron chi connectivity index (χ3n) is 9.71. The van der Waals surface area contributed by atoms with Crippen LogP contribution in [0, 0.1) is 22.7 Å². The van der Waals surface area contributed by atoms with Crippen molar-refractivity contribution in [1.82, 2.24) is 0 Å². The van der Waals surface area contributed by atoms with E-state index in [4.69, 9.17) is 7.48 Å². The second-order valence-corrected chi connectivity index (χ2v) is 12.6. The molecule has 0 amide bonds. The van der Waals surface area contributed by atoms with Crippen molar-refractivity contribution in [2.24, 2.45) is 22.7 Å². The van der Waals surface area contributed by atoms with Crippen molar-refractivity contribution < 1.29 is 12.6 Å². The summed E-state index contributed by atoms with van der Waals surface area (Å²) in [4.78, 5) is 11.5. The van der Waals surface area contributed by atoms with Crippen molar-refractivity contribution in [2.75, 3.05) is 6.61 Å². The van der Waals surface area contributed by atoms with Gasteiger partial charge in [-0.3, -0.25) is 0 Å². The molecule has 0 bridgehead atoms. The third kappa shape index (κ3) is 3.71. The predicted octanol–water partition coefficient (Wildman–Crippen LogP) is 6.22. The molecule has 33 heavy (non-hydrogen) atoms. The number of hydrogen-bond donors (Lipinski definition) is 1. The molecule has 5 unspecified atom stereocenters. The lowest BCUT2D eigenvalue weighted by Gasteiger charge is -2.61. The van der Waals surface area contributed by atoms with Gasteiger partial charge in [-0.15, -0.1) is 6.58 Å². The maximum absolute atomic E-state index is 12.3. The average molecular weight is 562 g/mol. The molecule has 1 heterocycles. The fraction of sp³-hybridized carbons (Fsp3) is 0.607. The SMILES string of the molecule is C=CCOI=C=C1C=C2CCC3C(CC[C@]4(C)C(c5ccc(=O)oc5)CCC34O)C2(C)CC1. The quantitative estimate of drug-likeness (QED) is 0.269. The Bertz CT molecular complexity index is 1070. The van der Waals surface area contributed by atoms with Gasteiger partial charge in [0.25, 0.3) is 0 Å². The summed E-state index contributed by atoms with van der Waals surface area (Å²) in [6, 6.07) is 3.44. The first-order valence-electron chi connectivity index (χ1n) is 12.3. The Hall–Kier alpha value is -1.27. The first-order chi connectivity index (χ1) is 15.8. The lowest BCUT2D eigenvalue weighted by Crippen LogP contribution is -2.60. The maximum atomic E-state index is 12.3. The fourth-order valence-corrected chi connectivity index (χ4v) is 9.18. The van der Waals surface area contributed by atoms with Crippen LogP contribution >= 0.6 is 21.1 Å². The molecule has 0 aromatic carbocycles. The van der Waals surface area contributed by atoms with Crippen LogP contribution in [0.25, 0.3) is 0 Å². The van der Waals surface area contributed by atoms with Gasteiger partial charge in [0.15, 0.2) is 0 Å². The Labute approximate surface area is 207 Å². The van der Waals surface area contributed by atoms with E-state index < -0.39 is 26.7 Å². The molecule has 0 spiro atoms. The molecule has 0 aliphatic heterocycles. The van der Waals surface area contributed by atoms with E-state index in [1.54, 1.807) is 17.9 Å². The van der Waals surface area contributed by atoms with Crippen LogP contribution in [-0.4, -0.2) is 21.0 Å². The standard InChI is InChI=1S/C28H35IO4/c1-4-15-33-29-17-19-9-12-26(2)21(16-19)6-7-24-23(26)10-13-27(3)22(11-14-28(24,27)31)20-5-8-25(30)32-18-20/h4-5,8,16,18,22-24,31H,1,6-7,9-15H2,2-3H3/t22?,23?,24?,26?,27-,28?/m1/s1. The molecule has 5 heteroatoms. The number of aliphatic hydroxyl groups is 1. The van der Waals surface area contributed by atoms with E-state index in [1.807, 2.05) is 6.07 Å². The van der Waals surface area contributed by atoms with Gasteiger partial charge in [-0.05, 0) is 86.2 Å². The highest BCUT2D eigenvalue weighted by atomic mass is 127. The molecule has 3 fully saturated rings. The number of allylic oxidation sites excluding steroid dienone is 3. The molecule has 0 radical (unpaired) electrons. The van der Waals surface area contributed by atoms with Crippen LogP contribution in [0.2, 0.25) is 0 Å². The minimum absolute atomic E-state index is 0.170. The molecular weight excluding hydrogens is 527 g/mol. The van der Waals surface area contributed by atoms with Crippen LogP contribution in [-0.2, 0) is 3.07 Å². The van der Waals surface area contributed by atoms with Crippen molar-refractivity contribution in [1.29, 1.82) is 0 Å². The smallest absolute Gasteiger partial charge is 0.335 e. The molecule has 3 saturated carbocycles. The third-order valence-corrected chi connectivity index (χ3v) is 11.3. The van der Waals surface area contributed by atoms with Crippen molar-refractivity contribution in [3.63, 3.8) is 0 Å². The van der Waals surface area contributed by atoms with E-state index in [0.29, 0.717) is 18.4 Å². The highest BCUT2D eigenvalue weighted by Gasteiger charge is 2.66. The molecule has 1 N–H and O–H groups in total. The van der Waals surface area contributed by atoms with Gasteiger partial charge >= 0.3 is 5.63 Å². The lowest BCUT2D eigenvalue weighted by atomic mass is 9.45. The van der Waals surface area contributed by atoms with E-state index >= 15 is 0 Å². The highest BCUT2D eigenvalue weighted by molar-refractivity contribution is 14.2. The minimum atomic E-state index is -0.655. The molecule has 4 nitrogen and oxygen atoms in total. The van der Waals surface area contributed by atoms with E-state index in [-0.39, 0.29) is 22.4 Å². The van der Waals surface area contributed by atoms with E-state index in [9.17, 15) is 9.90 Å². The maximum Gasteiger partial charge on any atom is 0.335 e. The first kappa shape index (κ1) is 23.5. The normalized spacial score (nSPS) is 39.7. The molecule has 5 rings (SSSR count). The molecule has 1 aromatic heterocycles. The van der Waals surface area contributed by atoms with Gasteiger partial charge < -0.3 is 12.6 Å². The molecule has 4 aliphatic carbocycles. The van der Waals surface area contributed by atoms with Crippen molar-refractivity contribution in [3.05, 3.63) is 64.3 Å². The van der Waals surface area contributed by atoms with Gasteiger partial charge in [-0.2, -0.15) is 0 Å². The summed E-state index contributed by atoms with van der Waals surface area (Å²) < 4.78 is 14.4. The monoisotopic (exact) mass is 562 g/mol. The Balaban J connectivity index is 1.43. The van der Waals surface area contributed by atoms with Crippen LogP contribution in [0.15, 0.2) is 57.5 Å². The largest absolute Gasteiger partial charge is 0.431 e. The Kier molecular flexibility index (Phi) is 6.22. The molecule has 6 atom stereocenters. The number of halogens is 1. The van der Waals surface area contributed by atoms with Gasteiger partial charge in [0, 0.05) is 17.1 Å². The van der Waals surface area contributed by atoms with Crippen molar-refractivity contribution in [3.8, 4) is 0 Å². The summed E-state index contributed by atoms with van der Waals surface area (Å²) in [5.74, 6) is 1.10. The topological polar surface area (TPSA) is 59.7 Å². The van der Waals surface area contributed by atoms with E-state index in [1.165, 1.54) is 11.6 Å². The summed E-state index contributed by atoms with van der Waals surface area (Å²) in [7, 11) is 0. The van der Waals surface area contributed by atoms with Crippen molar-refractivity contribution in [2.45, 2.75) is 76.7 Å². The summed E-state index contributed by atoms with van der Waals surface area (Å²) in [5, 5.41) is 12.3. The Morgan fingerprint density at radius 2 is 2.06 bits per heavy atom. The zero-order valence-electron chi connectivity index (χ0n) is 19.7. The molecule has 1 aromatic rings. The Morgan fingerprint density at radius 1 is 1.21 bits per heavy atom. The fourth-order valence-electron chi connectivity index (χ4n) is 7.89. The summed E-state index contributed by atoms with van der Waals surface area (Å²) in [6.07, 6.45) is 14.1. The van der Waals surface area contributed by atoms with Gasteiger partial charge in [0.05, 0.1) is 39.6 Å². The van der Waals surface area contributed by atoms with Gasteiger partial charge in [-0.1, -0.05) is 35.2 Å². The van der Waals surface area contributed by atoms with E-state index in [0.717, 1.165) is 56.9 Å². The van der Waals surface area contributed by atoms with Crippen molar-refractivity contribution >= 4 is 24.8 Å². The number of hydrogen-bond acceptors (Lipinski definition) is 4. The number of rotatable bonds is 4. The van der Waals surface area contributed by atoms with Crippen LogP contribution in [0.5, 0.6) is 0 Å². The predicted molar refractivity (Wildman–Crippen MR) is 140 cm³/mol. The van der Waals surface area contributed by atoms with Crippen LogP contribution in [0.1, 0.15) is 76.7 Å². The molecule has 178 valence electrons. The van der Waals surface area contributed by atoms with Gasteiger partial charge in [0.2, 0.25) is 0 Å². The molecular formula is C28H35IO4. The second-order valence-electron chi connectivity index (χ2n) is 11.0. The summed E-state index contributed by atoms with van der Waals surface area (Å²) >= 11 is -0.489. The Morgan fingerprint density at radius 3 is 2.82 bits per heavy atom. The lowest BCUT2D eigenvalue weighted by molar-refractivity contribution is -0.176. The van der Waals surface area contributed by atoms with Crippen LogP contribution in [0.3, 0.4) is 0 Å². The average Bonchev–Trinajstić information content (AvgIpc) is 3.09. The second kappa shape index (κ2) is 8.75. The van der Waals surface area contributed by atoms with E-state index in [2.05, 4.69) is 30.2 Å². The number of fused-ring (bicyclic) bond motifs is 5. The molecule has 4 aliphatic rings. The molecule has 0 saturated heterocycles. The zero-order chi connectivity index (χ0) is 23.3.